The third-order valence-corrected chi connectivity index (χ3v) is 3.36. The molecule has 0 radical (unpaired) electrons. The molecule has 0 aliphatic carbocycles. The number of aromatic nitrogens is 4. The molecule has 1 N–H and O–H groups in total. The lowest BCUT2D eigenvalue weighted by Gasteiger charge is -2.08. The topological polar surface area (TPSA) is 82.1 Å². The van der Waals surface area contributed by atoms with Crippen molar-refractivity contribution >= 4 is 22.8 Å². The number of aliphatic hydroxyl groups is 1. The Labute approximate surface area is 113 Å². The van der Waals surface area contributed by atoms with E-state index in [-0.39, 0.29) is 16.4 Å². The van der Waals surface area contributed by atoms with Crippen LogP contribution >= 0.6 is 11.6 Å². The molecule has 2 rings (SSSR count). The summed E-state index contributed by atoms with van der Waals surface area (Å²) >= 11 is 6.01. The van der Waals surface area contributed by atoms with Crippen molar-refractivity contribution in [2.45, 2.75) is 26.0 Å². The Kier molecular flexibility index (Phi) is 3.51. The van der Waals surface area contributed by atoms with Crippen LogP contribution < -0.4 is 11.2 Å². The van der Waals surface area contributed by atoms with Crippen molar-refractivity contribution < 1.29 is 5.11 Å². The average molecular weight is 287 g/mol. The van der Waals surface area contributed by atoms with Gasteiger partial charge < -0.3 is 9.67 Å². The number of hydrogen-bond donors (Lipinski definition) is 1. The van der Waals surface area contributed by atoms with Crippen LogP contribution in [0.2, 0.25) is 5.28 Å². The van der Waals surface area contributed by atoms with Gasteiger partial charge in [0.2, 0.25) is 5.28 Å². The molecule has 0 spiro atoms. The van der Waals surface area contributed by atoms with E-state index in [9.17, 15) is 14.7 Å². The summed E-state index contributed by atoms with van der Waals surface area (Å²) in [7, 11) is 2.94. The molecule has 8 heteroatoms. The second-order valence-electron chi connectivity index (χ2n) is 4.55. The van der Waals surface area contributed by atoms with Gasteiger partial charge in [-0.1, -0.05) is 0 Å². The first-order valence-electron chi connectivity index (χ1n) is 5.84. The molecule has 0 saturated heterocycles. The summed E-state index contributed by atoms with van der Waals surface area (Å²) in [5.41, 5.74) is -0.364. The minimum Gasteiger partial charge on any atom is -0.393 e. The molecule has 1 unspecified atom stereocenters. The predicted octanol–water partition coefficient (Wildman–Crippen LogP) is -0.142. The van der Waals surface area contributed by atoms with Gasteiger partial charge in [-0.3, -0.25) is 13.9 Å². The highest BCUT2D eigenvalue weighted by atomic mass is 35.5. The number of hydrogen-bond acceptors (Lipinski definition) is 4. The molecule has 2 heterocycles. The van der Waals surface area contributed by atoms with E-state index in [4.69, 9.17) is 11.6 Å². The molecule has 0 aliphatic heterocycles. The Morgan fingerprint density at radius 3 is 2.53 bits per heavy atom. The van der Waals surface area contributed by atoms with E-state index in [0.717, 1.165) is 4.57 Å². The quantitative estimate of drug-likeness (QED) is 0.796. The number of imidazole rings is 1. The molecule has 0 amide bonds. The van der Waals surface area contributed by atoms with Gasteiger partial charge in [0.25, 0.3) is 5.56 Å². The maximum atomic E-state index is 12.1. The largest absolute Gasteiger partial charge is 0.393 e. The van der Waals surface area contributed by atoms with Crippen molar-refractivity contribution in [2.24, 2.45) is 14.1 Å². The number of nitrogens with zero attached hydrogens (tertiary/aromatic N) is 4. The fourth-order valence-corrected chi connectivity index (χ4v) is 2.19. The van der Waals surface area contributed by atoms with E-state index in [0.29, 0.717) is 13.0 Å². The first-order valence-corrected chi connectivity index (χ1v) is 6.22. The van der Waals surface area contributed by atoms with E-state index in [1.807, 2.05) is 0 Å². The molecule has 0 aromatic carbocycles. The number of halogens is 1. The lowest BCUT2D eigenvalue weighted by Crippen LogP contribution is -2.37. The molecule has 104 valence electrons. The molecule has 2 aromatic heterocycles. The summed E-state index contributed by atoms with van der Waals surface area (Å²) in [6, 6.07) is 0. The van der Waals surface area contributed by atoms with Gasteiger partial charge in [-0.05, 0) is 24.9 Å². The van der Waals surface area contributed by atoms with Crippen LogP contribution in [0.15, 0.2) is 9.59 Å². The number of aryl methyl sites for hydroxylation is 2. The molecular formula is C11H15ClN4O3. The van der Waals surface area contributed by atoms with Crippen LogP contribution in [-0.2, 0) is 20.6 Å². The van der Waals surface area contributed by atoms with Crippen molar-refractivity contribution in [1.82, 2.24) is 18.7 Å². The van der Waals surface area contributed by atoms with E-state index < -0.39 is 17.4 Å². The van der Waals surface area contributed by atoms with Crippen LogP contribution in [0.4, 0.5) is 0 Å². The van der Waals surface area contributed by atoms with Gasteiger partial charge in [-0.25, -0.2) is 4.79 Å². The second kappa shape index (κ2) is 4.82. The first kappa shape index (κ1) is 13.8. The Morgan fingerprint density at radius 1 is 1.32 bits per heavy atom. The molecule has 0 fully saturated rings. The number of aliphatic hydroxyl groups excluding tert-OH is 1. The summed E-state index contributed by atoms with van der Waals surface area (Å²) in [6.07, 6.45) is -0.0677. The fourth-order valence-electron chi connectivity index (χ4n) is 1.94. The average Bonchev–Trinajstić information content (AvgIpc) is 2.68. The maximum Gasteiger partial charge on any atom is 0.332 e. The minimum atomic E-state index is -0.509. The van der Waals surface area contributed by atoms with Crippen LogP contribution in [-0.4, -0.2) is 29.9 Å². The first-order chi connectivity index (χ1) is 8.84. The van der Waals surface area contributed by atoms with Gasteiger partial charge >= 0.3 is 5.69 Å². The third kappa shape index (κ3) is 2.19. The standard InChI is InChI=1S/C11H15ClN4O3/c1-6(17)4-5-16-7-8(13-10(16)12)14(2)11(19)15(3)9(7)18/h6,17H,4-5H2,1-3H3. The monoisotopic (exact) mass is 286 g/mol. The lowest BCUT2D eigenvalue weighted by atomic mass is 10.3. The highest BCUT2D eigenvalue weighted by Gasteiger charge is 2.17. The SMILES string of the molecule is CC(O)CCn1c(Cl)nc2c1c(=O)n(C)c(=O)n2C. The van der Waals surface area contributed by atoms with E-state index in [1.165, 1.54) is 23.2 Å². The Morgan fingerprint density at radius 2 is 1.95 bits per heavy atom. The summed E-state index contributed by atoms with van der Waals surface area (Å²) < 4.78 is 3.81. The molecule has 7 nitrogen and oxygen atoms in total. The van der Waals surface area contributed by atoms with Crippen molar-refractivity contribution in [3.05, 3.63) is 26.1 Å². The highest BCUT2D eigenvalue weighted by Crippen LogP contribution is 2.16. The van der Waals surface area contributed by atoms with Crippen LogP contribution in [0.5, 0.6) is 0 Å². The molecule has 0 aliphatic rings. The Bertz CT molecular complexity index is 741. The van der Waals surface area contributed by atoms with Crippen molar-refractivity contribution in [1.29, 1.82) is 0 Å². The van der Waals surface area contributed by atoms with Crippen molar-refractivity contribution in [3.63, 3.8) is 0 Å². The Hall–Kier alpha value is -1.60. The smallest absolute Gasteiger partial charge is 0.332 e. The van der Waals surface area contributed by atoms with Crippen LogP contribution in [0.3, 0.4) is 0 Å². The van der Waals surface area contributed by atoms with E-state index >= 15 is 0 Å². The zero-order valence-electron chi connectivity index (χ0n) is 10.9. The van der Waals surface area contributed by atoms with Crippen LogP contribution in [0.1, 0.15) is 13.3 Å². The molecule has 1 atom stereocenters. The Balaban J connectivity index is 2.76. The predicted molar refractivity (Wildman–Crippen MR) is 71.5 cm³/mol. The molecule has 19 heavy (non-hydrogen) atoms. The maximum absolute atomic E-state index is 12.1. The molecular weight excluding hydrogens is 272 g/mol. The van der Waals surface area contributed by atoms with Gasteiger partial charge in [0.05, 0.1) is 6.10 Å². The van der Waals surface area contributed by atoms with Gasteiger partial charge in [-0.15, -0.1) is 0 Å². The van der Waals surface area contributed by atoms with Crippen molar-refractivity contribution in [2.75, 3.05) is 0 Å². The normalized spacial score (nSPS) is 13.1. The summed E-state index contributed by atoms with van der Waals surface area (Å²) in [5.74, 6) is 0. The summed E-state index contributed by atoms with van der Waals surface area (Å²) in [5, 5.41) is 9.45. The number of fused-ring (bicyclic) bond motifs is 1. The lowest BCUT2D eigenvalue weighted by molar-refractivity contribution is 0.178. The number of rotatable bonds is 3. The van der Waals surface area contributed by atoms with Gasteiger partial charge in [-0.2, -0.15) is 4.98 Å². The molecule has 0 saturated carbocycles. The van der Waals surface area contributed by atoms with E-state index in [1.54, 1.807) is 6.92 Å². The molecule has 2 aromatic rings. The molecule has 0 bridgehead atoms. The van der Waals surface area contributed by atoms with Crippen LogP contribution in [0, 0.1) is 0 Å². The van der Waals surface area contributed by atoms with Gasteiger partial charge in [0.1, 0.15) is 0 Å². The van der Waals surface area contributed by atoms with Gasteiger partial charge in [0.15, 0.2) is 11.2 Å². The zero-order valence-corrected chi connectivity index (χ0v) is 11.7. The van der Waals surface area contributed by atoms with Crippen molar-refractivity contribution in [3.8, 4) is 0 Å². The fraction of sp³-hybridized carbons (Fsp3) is 0.545. The highest BCUT2D eigenvalue weighted by molar-refractivity contribution is 6.29. The summed E-state index contributed by atoms with van der Waals surface area (Å²) in [4.78, 5) is 28.0. The summed E-state index contributed by atoms with van der Waals surface area (Å²) in [6.45, 7) is 2.02. The van der Waals surface area contributed by atoms with Gasteiger partial charge in [0, 0.05) is 20.6 Å². The van der Waals surface area contributed by atoms with E-state index in [2.05, 4.69) is 4.98 Å². The van der Waals surface area contributed by atoms with Crippen LogP contribution in [0.25, 0.3) is 11.2 Å². The second-order valence-corrected chi connectivity index (χ2v) is 4.89. The zero-order chi connectivity index (χ0) is 14.3. The third-order valence-electron chi connectivity index (χ3n) is 3.07. The minimum absolute atomic E-state index is 0.133.